The van der Waals surface area contributed by atoms with E-state index < -0.39 is 0 Å². The number of rotatable bonds is 3. The number of hydrogen-bond acceptors (Lipinski definition) is 3. The summed E-state index contributed by atoms with van der Waals surface area (Å²) in [6.07, 6.45) is 1.86. The van der Waals surface area contributed by atoms with Crippen LogP contribution in [0.5, 0.6) is 5.75 Å². The molecule has 0 aliphatic heterocycles. The molecule has 1 aromatic carbocycles. The molecule has 1 rings (SSSR count). The summed E-state index contributed by atoms with van der Waals surface area (Å²) in [4.78, 5) is 10.1. The highest BCUT2D eigenvalue weighted by Crippen LogP contribution is 2.19. The summed E-state index contributed by atoms with van der Waals surface area (Å²) < 4.78 is 0. The number of phenols is 1. The average molecular weight is 165 g/mol. The second kappa shape index (κ2) is 3.76. The highest BCUT2D eigenvalue weighted by atomic mass is 16.3. The number of carbonyl (C=O) groups is 1. The van der Waals surface area contributed by atoms with E-state index in [-0.39, 0.29) is 5.75 Å². The summed E-state index contributed by atoms with van der Waals surface area (Å²) >= 11 is 0. The van der Waals surface area contributed by atoms with E-state index in [1.54, 1.807) is 12.1 Å². The van der Waals surface area contributed by atoms with E-state index in [0.717, 1.165) is 11.8 Å². The quantitative estimate of drug-likeness (QED) is 0.400. The molecule has 0 spiro atoms. The first-order valence-electron chi connectivity index (χ1n) is 3.75. The first kappa shape index (κ1) is 8.59. The van der Waals surface area contributed by atoms with Crippen LogP contribution in [0.25, 0.3) is 0 Å². The molecule has 0 aromatic heterocycles. The predicted molar refractivity (Wildman–Crippen MR) is 46.9 cm³/mol. The van der Waals surface area contributed by atoms with Crippen molar-refractivity contribution in [3.8, 4) is 5.75 Å². The Balaban J connectivity index is 2.82. The molecule has 12 heavy (non-hydrogen) atoms. The van der Waals surface area contributed by atoms with E-state index in [0.29, 0.717) is 18.5 Å². The molecule has 3 heteroatoms. The lowest BCUT2D eigenvalue weighted by Crippen LogP contribution is -1.94. The summed E-state index contributed by atoms with van der Waals surface area (Å²) in [6, 6.07) is 4.74. The first-order valence-corrected chi connectivity index (χ1v) is 3.75. The van der Waals surface area contributed by atoms with Crippen molar-refractivity contribution >= 4 is 12.0 Å². The van der Waals surface area contributed by atoms with Crippen LogP contribution in [0.3, 0.4) is 0 Å². The van der Waals surface area contributed by atoms with Crippen LogP contribution < -0.4 is 5.73 Å². The zero-order valence-corrected chi connectivity index (χ0v) is 6.66. The van der Waals surface area contributed by atoms with Crippen molar-refractivity contribution < 1.29 is 9.90 Å². The summed E-state index contributed by atoms with van der Waals surface area (Å²) in [5, 5.41) is 9.09. The SMILES string of the molecule is Nc1ccc(O)cc1CCC=O. The van der Waals surface area contributed by atoms with E-state index >= 15 is 0 Å². The molecule has 0 aliphatic rings. The first-order chi connectivity index (χ1) is 5.74. The minimum Gasteiger partial charge on any atom is -0.508 e. The number of anilines is 1. The molecular formula is C9H11NO2. The number of nitrogens with two attached hydrogens (primary N) is 1. The van der Waals surface area contributed by atoms with Gasteiger partial charge in [0, 0.05) is 12.1 Å². The van der Waals surface area contributed by atoms with Crippen LogP contribution in [-0.2, 0) is 11.2 Å². The maximum atomic E-state index is 10.1. The van der Waals surface area contributed by atoms with Gasteiger partial charge in [0.25, 0.3) is 0 Å². The Morgan fingerprint density at radius 3 is 2.92 bits per heavy atom. The van der Waals surface area contributed by atoms with Crippen LogP contribution in [0.15, 0.2) is 18.2 Å². The Morgan fingerprint density at radius 1 is 1.50 bits per heavy atom. The van der Waals surface area contributed by atoms with Crippen molar-refractivity contribution in [2.45, 2.75) is 12.8 Å². The minimum atomic E-state index is 0.185. The van der Waals surface area contributed by atoms with Crippen molar-refractivity contribution in [3.63, 3.8) is 0 Å². The van der Waals surface area contributed by atoms with Crippen molar-refractivity contribution in [2.24, 2.45) is 0 Å². The zero-order valence-electron chi connectivity index (χ0n) is 6.66. The topological polar surface area (TPSA) is 63.3 Å². The lowest BCUT2D eigenvalue weighted by molar-refractivity contribution is -0.107. The fourth-order valence-corrected chi connectivity index (χ4v) is 1.02. The third-order valence-corrected chi connectivity index (χ3v) is 1.66. The molecule has 0 aliphatic carbocycles. The van der Waals surface area contributed by atoms with Crippen LogP contribution in [0, 0.1) is 0 Å². The Morgan fingerprint density at radius 2 is 2.25 bits per heavy atom. The lowest BCUT2D eigenvalue weighted by Gasteiger charge is -2.03. The Labute approximate surface area is 70.8 Å². The van der Waals surface area contributed by atoms with E-state index in [1.807, 2.05) is 0 Å². The van der Waals surface area contributed by atoms with Gasteiger partial charge in [0.15, 0.2) is 0 Å². The van der Waals surface area contributed by atoms with Gasteiger partial charge in [-0.3, -0.25) is 0 Å². The summed E-state index contributed by atoms with van der Waals surface area (Å²) in [5.41, 5.74) is 7.04. The second-order valence-electron chi connectivity index (χ2n) is 2.59. The number of nitrogen functional groups attached to an aromatic ring is 1. The number of aldehydes is 1. The molecule has 0 saturated carbocycles. The molecule has 0 saturated heterocycles. The van der Waals surface area contributed by atoms with Crippen LogP contribution in [0.2, 0.25) is 0 Å². The number of carbonyl (C=O) groups excluding carboxylic acids is 1. The van der Waals surface area contributed by atoms with Crippen molar-refractivity contribution in [1.82, 2.24) is 0 Å². The van der Waals surface area contributed by atoms with E-state index in [2.05, 4.69) is 0 Å². The molecular weight excluding hydrogens is 154 g/mol. The number of phenolic OH excluding ortho intramolecular Hbond substituents is 1. The molecule has 3 nitrogen and oxygen atoms in total. The molecule has 0 amide bonds. The van der Waals surface area contributed by atoms with Crippen molar-refractivity contribution in [3.05, 3.63) is 23.8 Å². The largest absolute Gasteiger partial charge is 0.508 e. The van der Waals surface area contributed by atoms with Crippen molar-refractivity contribution in [2.75, 3.05) is 5.73 Å². The van der Waals surface area contributed by atoms with E-state index in [1.165, 1.54) is 6.07 Å². The molecule has 0 heterocycles. The van der Waals surface area contributed by atoms with Gasteiger partial charge in [-0.1, -0.05) is 0 Å². The van der Waals surface area contributed by atoms with E-state index in [9.17, 15) is 4.79 Å². The molecule has 0 unspecified atom stereocenters. The van der Waals surface area contributed by atoms with Gasteiger partial charge < -0.3 is 15.6 Å². The third-order valence-electron chi connectivity index (χ3n) is 1.66. The number of aryl methyl sites for hydroxylation is 1. The lowest BCUT2D eigenvalue weighted by atomic mass is 10.1. The average Bonchev–Trinajstić information content (AvgIpc) is 2.07. The van der Waals surface area contributed by atoms with Gasteiger partial charge in [0.2, 0.25) is 0 Å². The number of hydrogen-bond donors (Lipinski definition) is 2. The highest BCUT2D eigenvalue weighted by Gasteiger charge is 1.99. The maximum absolute atomic E-state index is 10.1. The van der Waals surface area contributed by atoms with Gasteiger partial charge in [0.1, 0.15) is 12.0 Å². The standard InChI is InChI=1S/C9H11NO2/c10-9-4-3-8(12)6-7(9)2-1-5-11/h3-6,12H,1-2,10H2. The van der Waals surface area contributed by atoms with Crippen LogP contribution >= 0.6 is 0 Å². The van der Waals surface area contributed by atoms with Crippen LogP contribution in [0.1, 0.15) is 12.0 Å². The number of benzene rings is 1. The van der Waals surface area contributed by atoms with Crippen LogP contribution in [0.4, 0.5) is 5.69 Å². The monoisotopic (exact) mass is 165 g/mol. The smallest absolute Gasteiger partial charge is 0.120 e. The normalized spacial score (nSPS) is 9.67. The van der Waals surface area contributed by atoms with Gasteiger partial charge in [-0.05, 0) is 30.2 Å². The molecule has 0 atom stereocenters. The van der Waals surface area contributed by atoms with Gasteiger partial charge >= 0.3 is 0 Å². The van der Waals surface area contributed by atoms with Gasteiger partial charge in [-0.25, -0.2) is 0 Å². The highest BCUT2D eigenvalue weighted by molar-refractivity contribution is 5.54. The fraction of sp³-hybridized carbons (Fsp3) is 0.222. The van der Waals surface area contributed by atoms with Crippen LogP contribution in [-0.4, -0.2) is 11.4 Å². The minimum absolute atomic E-state index is 0.185. The maximum Gasteiger partial charge on any atom is 0.120 e. The summed E-state index contributed by atoms with van der Waals surface area (Å²) in [5.74, 6) is 0.185. The summed E-state index contributed by atoms with van der Waals surface area (Å²) in [6.45, 7) is 0. The molecule has 0 fully saturated rings. The summed E-state index contributed by atoms with van der Waals surface area (Å²) in [7, 11) is 0. The third kappa shape index (κ3) is 1.99. The molecule has 0 bridgehead atoms. The predicted octanol–water partition coefficient (Wildman–Crippen LogP) is 1.11. The van der Waals surface area contributed by atoms with Crippen molar-refractivity contribution in [1.29, 1.82) is 0 Å². The molecule has 0 radical (unpaired) electrons. The van der Waals surface area contributed by atoms with Gasteiger partial charge in [-0.2, -0.15) is 0 Å². The molecule has 64 valence electrons. The Hall–Kier alpha value is -1.51. The molecule has 3 N–H and O–H groups in total. The van der Waals surface area contributed by atoms with E-state index in [4.69, 9.17) is 10.8 Å². The number of aromatic hydroxyl groups is 1. The Kier molecular flexibility index (Phi) is 2.69. The van der Waals surface area contributed by atoms with Gasteiger partial charge in [0.05, 0.1) is 0 Å². The zero-order chi connectivity index (χ0) is 8.97. The second-order valence-corrected chi connectivity index (χ2v) is 2.59. The van der Waals surface area contributed by atoms with Gasteiger partial charge in [-0.15, -0.1) is 0 Å². The Bertz CT molecular complexity index is 284. The molecule has 1 aromatic rings. The fourth-order valence-electron chi connectivity index (χ4n) is 1.02.